The van der Waals surface area contributed by atoms with Gasteiger partial charge in [-0.2, -0.15) is 0 Å². The molecule has 4 nitrogen and oxygen atoms in total. The maximum absolute atomic E-state index is 11.8. The van der Waals surface area contributed by atoms with Gasteiger partial charge in [-0.3, -0.25) is 9.78 Å². The second kappa shape index (κ2) is 7.82. The van der Waals surface area contributed by atoms with Crippen LogP contribution in [0.2, 0.25) is 0 Å². The summed E-state index contributed by atoms with van der Waals surface area (Å²) in [5.74, 6) is 0.214. The van der Waals surface area contributed by atoms with Crippen LogP contribution in [0.15, 0.2) is 24.5 Å². The van der Waals surface area contributed by atoms with E-state index in [9.17, 15) is 4.79 Å². The summed E-state index contributed by atoms with van der Waals surface area (Å²) in [5.41, 5.74) is 1.15. The molecule has 0 saturated carbocycles. The molecule has 0 fully saturated rings. The zero-order valence-corrected chi connectivity index (χ0v) is 11.5. The third-order valence-electron chi connectivity index (χ3n) is 3.09. The van der Waals surface area contributed by atoms with Gasteiger partial charge in [0.1, 0.15) is 0 Å². The molecule has 0 aliphatic rings. The fourth-order valence-corrected chi connectivity index (χ4v) is 1.88. The summed E-state index contributed by atoms with van der Waals surface area (Å²) >= 11 is 0. The summed E-state index contributed by atoms with van der Waals surface area (Å²) in [6.07, 6.45) is 4.16. The molecule has 1 N–H and O–H groups in total. The number of hydrogen-bond donors (Lipinski definition) is 1. The van der Waals surface area contributed by atoms with Crippen molar-refractivity contribution in [1.29, 1.82) is 0 Å². The van der Waals surface area contributed by atoms with Gasteiger partial charge in [0.05, 0.1) is 0 Å². The third kappa shape index (κ3) is 4.45. The van der Waals surface area contributed by atoms with Gasteiger partial charge >= 0.3 is 0 Å². The Labute approximate surface area is 109 Å². The molecular formula is C14H23N3O. The van der Waals surface area contributed by atoms with Crippen molar-refractivity contribution in [2.75, 3.05) is 19.6 Å². The zero-order valence-electron chi connectivity index (χ0n) is 11.5. The Morgan fingerprint density at radius 3 is 2.72 bits per heavy atom. The molecule has 0 aromatic carbocycles. The van der Waals surface area contributed by atoms with Crippen LogP contribution in [0.4, 0.5) is 0 Å². The van der Waals surface area contributed by atoms with Gasteiger partial charge in [0.25, 0.3) is 0 Å². The van der Waals surface area contributed by atoms with Crippen LogP contribution < -0.4 is 5.32 Å². The average molecular weight is 249 g/mol. The van der Waals surface area contributed by atoms with Gasteiger partial charge in [-0.25, -0.2) is 0 Å². The first-order chi connectivity index (χ1) is 8.69. The molecule has 1 amide bonds. The molecule has 1 atom stereocenters. The zero-order chi connectivity index (χ0) is 13.4. The highest BCUT2D eigenvalue weighted by atomic mass is 16.2. The lowest BCUT2D eigenvalue weighted by Crippen LogP contribution is -2.33. The molecule has 0 aliphatic heterocycles. The normalized spacial score (nSPS) is 12.2. The van der Waals surface area contributed by atoms with E-state index in [1.54, 1.807) is 6.20 Å². The van der Waals surface area contributed by atoms with E-state index in [4.69, 9.17) is 0 Å². The number of carbonyl (C=O) groups excluding carboxylic acids is 1. The minimum Gasteiger partial charge on any atom is -0.343 e. The second-order valence-electron chi connectivity index (χ2n) is 4.28. The second-order valence-corrected chi connectivity index (χ2v) is 4.28. The molecule has 4 heteroatoms. The summed E-state index contributed by atoms with van der Waals surface area (Å²) in [5, 5.41) is 3.35. The first-order valence-electron chi connectivity index (χ1n) is 6.60. The Morgan fingerprint density at radius 1 is 1.44 bits per heavy atom. The molecule has 18 heavy (non-hydrogen) atoms. The number of amides is 1. The number of rotatable bonds is 7. The van der Waals surface area contributed by atoms with Crippen molar-refractivity contribution in [2.24, 2.45) is 0 Å². The third-order valence-corrected chi connectivity index (χ3v) is 3.09. The highest BCUT2D eigenvalue weighted by Gasteiger charge is 2.10. The molecule has 0 aliphatic carbocycles. The van der Waals surface area contributed by atoms with Crippen LogP contribution in [-0.2, 0) is 4.79 Å². The minimum absolute atomic E-state index is 0.214. The number of carbonyl (C=O) groups is 1. The van der Waals surface area contributed by atoms with E-state index in [0.29, 0.717) is 13.0 Å². The van der Waals surface area contributed by atoms with Crippen molar-refractivity contribution < 1.29 is 4.79 Å². The maximum Gasteiger partial charge on any atom is 0.223 e. The Hall–Kier alpha value is -1.42. The topological polar surface area (TPSA) is 45.2 Å². The van der Waals surface area contributed by atoms with E-state index >= 15 is 0 Å². The summed E-state index contributed by atoms with van der Waals surface area (Å²) in [7, 11) is 0. The van der Waals surface area contributed by atoms with Gasteiger partial charge in [0.15, 0.2) is 0 Å². The van der Waals surface area contributed by atoms with Gasteiger partial charge in [0.2, 0.25) is 5.91 Å². The van der Waals surface area contributed by atoms with Gasteiger partial charge < -0.3 is 10.2 Å². The molecule has 0 bridgehead atoms. The highest BCUT2D eigenvalue weighted by Crippen LogP contribution is 2.09. The number of nitrogens with zero attached hydrogens (tertiary/aromatic N) is 2. The van der Waals surface area contributed by atoms with E-state index in [2.05, 4.69) is 17.2 Å². The number of aromatic nitrogens is 1. The minimum atomic E-state index is 0.214. The number of hydrogen-bond acceptors (Lipinski definition) is 3. The van der Waals surface area contributed by atoms with Crippen molar-refractivity contribution >= 4 is 5.91 Å². The molecule has 0 saturated heterocycles. The Balaban J connectivity index is 2.32. The molecule has 1 unspecified atom stereocenters. The maximum atomic E-state index is 11.8. The van der Waals surface area contributed by atoms with Crippen molar-refractivity contribution in [3.05, 3.63) is 30.1 Å². The van der Waals surface area contributed by atoms with Gasteiger partial charge in [-0.05, 0) is 32.4 Å². The quantitative estimate of drug-likeness (QED) is 0.804. The smallest absolute Gasteiger partial charge is 0.223 e. The fourth-order valence-electron chi connectivity index (χ4n) is 1.88. The fraction of sp³-hybridized carbons (Fsp3) is 0.571. The SMILES string of the molecule is CCN(CC)C(=O)CCNC(C)c1cccnc1. The molecule has 1 heterocycles. The molecule has 1 aromatic rings. The molecule has 100 valence electrons. The lowest BCUT2D eigenvalue weighted by Gasteiger charge is -2.19. The largest absolute Gasteiger partial charge is 0.343 e. The average Bonchev–Trinajstić information content (AvgIpc) is 2.41. The Kier molecular flexibility index (Phi) is 6.36. The van der Waals surface area contributed by atoms with Crippen LogP contribution in [0.3, 0.4) is 0 Å². The van der Waals surface area contributed by atoms with E-state index in [1.165, 1.54) is 0 Å². The van der Waals surface area contributed by atoms with Crippen LogP contribution in [-0.4, -0.2) is 35.4 Å². The monoisotopic (exact) mass is 249 g/mol. The molecule has 0 radical (unpaired) electrons. The summed E-state index contributed by atoms with van der Waals surface area (Å²) in [6, 6.07) is 4.19. The van der Waals surface area contributed by atoms with Crippen molar-refractivity contribution in [3.8, 4) is 0 Å². The standard InChI is InChI=1S/C14H23N3O/c1-4-17(5-2)14(18)8-10-16-12(3)13-7-6-9-15-11-13/h6-7,9,11-12,16H,4-5,8,10H2,1-3H3. The van der Waals surface area contributed by atoms with Gasteiger partial charge in [0, 0.05) is 44.5 Å². The summed E-state index contributed by atoms with van der Waals surface area (Å²) in [6.45, 7) is 8.37. The van der Waals surface area contributed by atoms with Crippen LogP contribution in [0.5, 0.6) is 0 Å². The van der Waals surface area contributed by atoms with Gasteiger partial charge in [-0.1, -0.05) is 6.07 Å². The molecule has 1 rings (SSSR count). The van der Waals surface area contributed by atoms with Crippen LogP contribution >= 0.6 is 0 Å². The number of pyridine rings is 1. The molecular weight excluding hydrogens is 226 g/mol. The highest BCUT2D eigenvalue weighted by molar-refractivity contribution is 5.76. The van der Waals surface area contributed by atoms with E-state index in [1.807, 2.05) is 37.1 Å². The first kappa shape index (κ1) is 14.6. The van der Waals surface area contributed by atoms with Crippen molar-refractivity contribution in [1.82, 2.24) is 15.2 Å². The molecule has 1 aromatic heterocycles. The molecule has 0 spiro atoms. The van der Waals surface area contributed by atoms with E-state index in [0.717, 1.165) is 18.7 Å². The Bertz CT molecular complexity index is 349. The van der Waals surface area contributed by atoms with E-state index in [-0.39, 0.29) is 11.9 Å². The lowest BCUT2D eigenvalue weighted by atomic mass is 10.1. The predicted octanol–water partition coefficient (Wildman–Crippen LogP) is 1.99. The van der Waals surface area contributed by atoms with Crippen LogP contribution in [0.1, 0.15) is 38.8 Å². The Morgan fingerprint density at radius 2 is 2.17 bits per heavy atom. The predicted molar refractivity (Wildman–Crippen MR) is 73.2 cm³/mol. The summed E-state index contributed by atoms with van der Waals surface area (Å²) in [4.78, 5) is 17.7. The lowest BCUT2D eigenvalue weighted by molar-refractivity contribution is -0.130. The number of nitrogens with one attached hydrogen (secondary N) is 1. The van der Waals surface area contributed by atoms with Crippen LogP contribution in [0, 0.1) is 0 Å². The first-order valence-corrected chi connectivity index (χ1v) is 6.60. The summed E-state index contributed by atoms with van der Waals surface area (Å²) < 4.78 is 0. The van der Waals surface area contributed by atoms with E-state index < -0.39 is 0 Å². The van der Waals surface area contributed by atoms with Gasteiger partial charge in [-0.15, -0.1) is 0 Å². The van der Waals surface area contributed by atoms with Crippen molar-refractivity contribution in [3.63, 3.8) is 0 Å². The van der Waals surface area contributed by atoms with Crippen LogP contribution in [0.25, 0.3) is 0 Å². The van der Waals surface area contributed by atoms with Crippen molar-refractivity contribution in [2.45, 2.75) is 33.2 Å².